The Bertz CT molecular complexity index is 788. The number of rotatable bonds is 12. The molecule has 17 heteroatoms. The molecular formula is C19H39O12P3S2. The first kappa shape index (κ1) is 33.2. The molecule has 36 heavy (non-hydrogen) atoms. The maximum Gasteiger partial charge on any atom is 0.490 e. The second-order valence-electron chi connectivity index (χ2n) is 9.01. The van der Waals surface area contributed by atoms with Crippen LogP contribution in [0.25, 0.3) is 0 Å². The molecule has 4 N–H and O–H groups in total. The van der Waals surface area contributed by atoms with Gasteiger partial charge >= 0.3 is 23.5 Å². The van der Waals surface area contributed by atoms with E-state index in [0.717, 1.165) is 25.7 Å². The summed E-state index contributed by atoms with van der Waals surface area (Å²) in [5, 5.41) is 0. The van der Waals surface area contributed by atoms with Crippen molar-refractivity contribution < 1.29 is 55.9 Å². The third kappa shape index (κ3) is 13.4. The molecule has 0 bridgehead atoms. The van der Waals surface area contributed by atoms with Crippen molar-refractivity contribution in [3.63, 3.8) is 0 Å². The summed E-state index contributed by atoms with van der Waals surface area (Å²) in [5.41, 5.74) is -0.186. The Morgan fingerprint density at radius 2 is 1.44 bits per heavy atom. The summed E-state index contributed by atoms with van der Waals surface area (Å²) < 4.78 is 59.5. The minimum atomic E-state index is -5.58. The Morgan fingerprint density at radius 1 is 0.889 bits per heavy atom. The lowest BCUT2D eigenvalue weighted by Gasteiger charge is -2.24. The van der Waals surface area contributed by atoms with Crippen LogP contribution in [0.4, 0.5) is 0 Å². The van der Waals surface area contributed by atoms with E-state index in [9.17, 15) is 23.5 Å². The van der Waals surface area contributed by atoms with Crippen molar-refractivity contribution in [2.45, 2.75) is 101 Å². The van der Waals surface area contributed by atoms with Crippen LogP contribution in [0.5, 0.6) is 0 Å². The van der Waals surface area contributed by atoms with Gasteiger partial charge in [-0.3, -0.25) is 4.52 Å². The smallest absolute Gasteiger partial charge is 0.369 e. The molecule has 2 unspecified atom stereocenters. The van der Waals surface area contributed by atoms with Crippen molar-refractivity contribution in [1.29, 1.82) is 0 Å². The highest BCUT2D eigenvalue weighted by atomic mass is 33.1. The summed E-state index contributed by atoms with van der Waals surface area (Å²) in [5.74, 6) is 0.314. The molecule has 0 aromatic carbocycles. The van der Waals surface area contributed by atoms with Crippen molar-refractivity contribution in [3.8, 4) is 0 Å². The molecule has 1 aliphatic heterocycles. The van der Waals surface area contributed by atoms with E-state index in [1.54, 1.807) is 10.8 Å². The van der Waals surface area contributed by atoms with E-state index in [1.807, 2.05) is 13.2 Å². The number of phosphoric ester groups is 1. The van der Waals surface area contributed by atoms with E-state index in [0.29, 0.717) is 12.3 Å². The zero-order chi connectivity index (χ0) is 26.8. The summed E-state index contributed by atoms with van der Waals surface area (Å²) >= 11 is 0. The fraction of sp³-hybridized carbons (Fsp3) is 1.00. The standard InChI is InChI=1S/C19H39O12P3S2/c1-15(36-35-2)28-18-13-17(16-11-9-7-5-3-4-6-8-10-12-16)29-19(18)14-27-33(23,24)31-34(25,26)30-32(20,21)22/h15-19H,3-14H2,1-2H3,(H,23,24)(H,25,26)(H2,20,21,22)/t15-,17-,18-,19-/m1/s1. The Balaban J connectivity index is 2.05. The van der Waals surface area contributed by atoms with Crippen LogP contribution in [-0.2, 0) is 36.3 Å². The maximum absolute atomic E-state index is 12.2. The molecule has 12 nitrogen and oxygen atoms in total. The molecule has 2 fully saturated rings. The van der Waals surface area contributed by atoms with Gasteiger partial charge in [-0.2, -0.15) is 8.62 Å². The highest BCUT2D eigenvalue weighted by Gasteiger charge is 2.44. The molecule has 1 aliphatic carbocycles. The zero-order valence-electron chi connectivity index (χ0n) is 20.6. The predicted octanol–water partition coefficient (Wildman–Crippen LogP) is 5.76. The van der Waals surface area contributed by atoms with Gasteiger partial charge in [-0.05, 0) is 31.9 Å². The van der Waals surface area contributed by atoms with Gasteiger partial charge < -0.3 is 29.0 Å². The average Bonchev–Trinajstić information content (AvgIpc) is 3.08. The molecule has 2 rings (SSSR count). The van der Waals surface area contributed by atoms with Gasteiger partial charge in [0.2, 0.25) is 0 Å². The normalized spacial score (nSPS) is 29.7. The molecule has 1 saturated carbocycles. The molecular weight excluding hydrogens is 577 g/mol. The third-order valence-electron chi connectivity index (χ3n) is 6.07. The first-order chi connectivity index (χ1) is 16.8. The Morgan fingerprint density at radius 3 is 1.97 bits per heavy atom. The van der Waals surface area contributed by atoms with Gasteiger partial charge in [-0.1, -0.05) is 73.0 Å². The second-order valence-corrected chi connectivity index (χ2v) is 16.2. The first-order valence-corrected chi connectivity index (χ1v) is 19.2. The van der Waals surface area contributed by atoms with E-state index < -0.39 is 42.3 Å². The van der Waals surface area contributed by atoms with Crippen LogP contribution in [0.3, 0.4) is 0 Å². The van der Waals surface area contributed by atoms with E-state index in [-0.39, 0.29) is 11.5 Å². The van der Waals surface area contributed by atoms with Gasteiger partial charge in [0, 0.05) is 6.42 Å². The Kier molecular flexibility index (Phi) is 14.5. The van der Waals surface area contributed by atoms with Crippen molar-refractivity contribution in [1.82, 2.24) is 0 Å². The third-order valence-corrected chi connectivity index (χ3v) is 11.8. The van der Waals surface area contributed by atoms with Crippen molar-refractivity contribution in [2.75, 3.05) is 12.9 Å². The minimum absolute atomic E-state index is 0.128. The van der Waals surface area contributed by atoms with Gasteiger partial charge in [0.05, 0.1) is 18.8 Å². The highest BCUT2D eigenvalue weighted by Crippen LogP contribution is 2.66. The second kappa shape index (κ2) is 15.7. The molecule has 0 aromatic heterocycles. The monoisotopic (exact) mass is 616 g/mol. The van der Waals surface area contributed by atoms with Gasteiger partial charge in [-0.15, -0.1) is 0 Å². The largest absolute Gasteiger partial charge is 0.490 e. The lowest BCUT2D eigenvalue weighted by Crippen LogP contribution is -2.31. The van der Waals surface area contributed by atoms with Crippen molar-refractivity contribution in [3.05, 3.63) is 0 Å². The molecule has 2 aliphatic rings. The lowest BCUT2D eigenvalue weighted by molar-refractivity contribution is -0.0597. The molecule has 0 amide bonds. The van der Waals surface area contributed by atoms with Crippen LogP contribution in [0.2, 0.25) is 0 Å². The van der Waals surface area contributed by atoms with Crippen molar-refractivity contribution >= 4 is 45.1 Å². The number of phosphoric acid groups is 3. The fourth-order valence-corrected chi connectivity index (χ4v) is 9.05. The predicted molar refractivity (Wildman–Crippen MR) is 138 cm³/mol. The molecule has 1 saturated heterocycles. The van der Waals surface area contributed by atoms with Crippen LogP contribution in [0.15, 0.2) is 0 Å². The van der Waals surface area contributed by atoms with Crippen molar-refractivity contribution in [2.24, 2.45) is 5.92 Å². The van der Waals surface area contributed by atoms with Gasteiger partial charge in [-0.25, -0.2) is 13.7 Å². The SMILES string of the molecule is CSS[C@H](C)O[C@@H]1C[C@H](C2CCCCCCCCCC2)O[C@@H]1COP(=O)(O)OP(=O)(O)OP(=O)(O)O. The quantitative estimate of drug-likeness (QED) is 0.118. The van der Waals surface area contributed by atoms with E-state index in [2.05, 4.69) is 8.62 Å². The molecule has 0 spiro atoms. The van der Waals surface area contributed by atoms with Crippen LogP contribution in [-0.4, -0.2) is 56.2 Å². The average molecular weight is 617 g/mol. The van der Waals surface area contributed by atoms with Gasteiger partial charge in [0.25, 0.3) is 0 Å². The molecule has 1 heterocycles. The van der Waals surface area contributed by atoms with Gasteiger partial charge in [0.15, 0.2) is 0 Å². The summed E-state index contributed by atoms with van der Waals surface area (Å²) in [4.78, 5) is 36.6. The highest BCUT2D eigenvalue weighted by molar-refractivity contribution is 8.76. The summed E-state index contributed by atoms with van der Waals surface area (Å²) in [6.07, 6.45) is 12.8. The summed E-state index contributed by atoms with van der Waals surface area (Å²) in [6.45, 7) is 1.40. The first-order valence-electron chi connectivity index (χ1n) is 12.1. The van der Waals surface area contributed by atoms with Crippen LogP contribution < -0.4 is 0 Å². The molecule has 214 valence electrons. The van der Waals surface area contributed by atoms with Gasteiger partial charge in [0.1, 0.15) is 11.5 Å². The van der Waals surface area contributed by atoms with E-state index in [4.69, 9.17) is 23.8 Å². The number of hydrogen-bond acceptors (Lipinski definition) is 10. The van der Waals surface area contributed by atoms with Crippen LogP contribution in [0.1, 0.15) is 77.6 Å². The summed E-state index contributed by atoms with van der Waals surface area (Å²) in [7, 11) is -13.2. The lowest BCUT2D eigenvalue weighted by atomic mass is 9.88. The topological polar surface area (TPSA) is 178 Å². The Labute approximate surface area is 220 Å². The maximum atomic E-state index is 12.2. The number of ether oxygens (including phenoxy) is 2. The zero-order valence-corrected chi connectivity index (χ0v) is 24.9. The molecule has 0 aromatic rings. The minimum Gasteiger partial charge on any atom is -0.369 e. The number of hydrogen-bond donors (Lipinski definition) is 4. The Hall–Kier alpha value is 1.03. The molecule has 6 atom stereocenters. The van der Waals surface area contributed by atoms with Crippen LogP contribution >= 0.6 is 45.1 Å². The fourth-order valence-electron chi connectivity index (χ4n) is 4.61. The molecule has 0 radical (unpaired) electrons. The van der Waals surface area contributed by atoms with E-state index >= 15 is 0 Å². The van der Waals surface area contributed by atoms with Crippen LogP contribution in [0, 0.1) is 5.92 Å². The summed E-state index contributed by atoms with van der Waals surface area (Å²) in [6, 6.07) is 0. The van der Waals surface area contributed by atoms with E-state index in [1.165, 1.54) is 49.3 Å².